The highest BCUT2D eigenvalue weighted by atomic mass is 16.6. The van der Waals surface area contributed by atoms with Gasteiger partial charge in [0.1, 0.15) is 17.4 Å². The normalized spacial score (nSPS) is 12.9. The van der Waals surface area contributed by atoms with Crippen LogP contribution >= 0.6 is 0 Å². The number of methoxy groups -OCH3 is 1. The summed E-state index contributed by atoms with van der Waals surface area (Å²) in [5.41, 5.74) is 4.12. The van der Waals surface area contributed by atoms with E-state index >= 15 is 0 Å². The van der Waals surface area contributed by atoms with Gasteiger partial charge in [0.05, 0.1) is 7.11 Å². The van der Waals surface area contributed by atoms with Crippen molar-refractivity contribution >= 4 is 18.0 Å². The number of aliphatic carboxylic acids is 2. The Morgan fingerprint density at radius 1 is 0.943 bits per heavy atom. The molecule has 0 saturated heterocycles. The molecule has 2 aromatic carbocycles. The fourth-order valence-electron chi connectivity index (χ4n) is 3.53. The minimum absolute atomic E-state index is 0.0491. The van der Waals surface area contributed by atoms with Crippen molar-refractivity contribution in [2.75, 3.05) is 7.11 Å². The summed E-state index contributed by atoms with van der Waals surface area (Å²) in [5, 5.41) is 20.7. The molecule has 0 aromatic heterocycles. The average molecular weight is 487 g/mol. The number of benzene rings is 2. The third kappa shape index (κ3) is 8.29. The van der Waals surface area contributed by atoms with Gasteiger partial charge in [0.2, 0.25) is 0 Å². The Labute approximate surface area is 205 Å². The van der Waals surface area contributed by atoms with Crippen LogP contribution in [0.1, 0.15) is 44.4 Å². The fourth-order valence-corrected chi connectivity index (χ4v) is 3.53. The highest BCUT2D eigenvalue weighted by molar-refractivity contribution is 5.81. The zero-order valence-corrected chi connectivity index (χ0v) is 20.8. The first-order chi connectivity index (χ1) is 16.4. The van der Waals surface area contributed by atoms with E-state index < -0.39 is 35.7 Å². The van der Waals surface area contributed by atoms with Crippen molar-refractivity contribution in [2.45, 2.75) is 64.6 Å². The van der Waals surface area contributed by atoms with Gasteiger partial charge in [-0.25, -0.2) is 20.0 Å². The van der Waals surface area contributed by atoms with Gasteiger partial charge in [-0.3, -0.25) is 4.79 Å². The number of rotatable bonds is 11. The molecule has 0 aliphatic rings. The van der Waals surface area contributed by atoms with Gasteiger partial charge in [0.25, 0.3) is 0 Å². The molecule has 2 atom stereocenters. The largest absolute Gasteiger partial charge is 0.497 e. The van der Waals surface area contributed by atoms with Crippen molar-refractivity contribution in [3.63, 3.8) is 0 Å². The van der Waals surface area contributed by atoms with E-state index in [1.54, 1.807) is 45.0 Å². The van der Waals surface area contributed by atoms with Crippen LogP contribution < -0.4 is 10.2 Å². The maximum absolute atomic E-state index is 13.1. The van der Waals surface area contributed by atoms with Gasteiger partial charge in [-0.1, -0.05) is 43.3 Å². The molecular formula is C26H34N2O7. The highest BCUT2D eigenvalue weighted by Gasteiger charge is 2.36. The molecule has 2 aromatic rings. The maximum Gasteiger partial charge on any atom is 0.425 e. The van der Waals surface area contributed by atoms with E-state index in [1.165, 1.54) is 7.11 Å². The molecule has 35 heavy (non-hydrogen) atoms. The Hall–Kier alpha value is -3.59. The Morgan fingerprint density at radius 2 is 1.54 bits per heavy atom. The van der Waals surface area contributed by atoms with Gasteiger partial charge in [0, 0.05) is 12.8 Å². The predicted octanol–water partition coefficient (Wildman–Crippen LogP) is 3.69. The molecular weight excluding hydrogens is 452 g/mol. The molecule has 1 amide bonds. The minimum Gasteiger partial charge on any atom is -0.497 e. The number of carbonyl (C=O) groups is 3. The quantitative estimate of drug-likeness (QED) is 0.411. The van der Waals surface area contributed by atoms with Gasteiger partial charge in [-0.2, -0.15) is 0 Å². The number of carboxylic acid groups (broad SMARTS) is 2. The first kappa shape index (κ1) is 27.7. The summed E-state index contributed by atoms with van der Waals surface area (Å²) in [6, 6.07) is 11.4. The SMILES string of the molecule is CCc1ccccc1CC(NN(C(=O)OC(C)(C)C)[C@@H](Cc1ccc(OC)cc1)C(=O)O)C(=O)O. The van der Waals surface area contributed by atoms with Crippen LogP contribution in [0.5, 0.6) is 5.75 Å². The van der Waals surface area contributed by atoms with E-state index in [-0.39, 0.29) is 12.8 Å². The van der Waals surface area contributed by atoms with Crippen LogP contribution in [0.4, 0.5) is 4.79 Å². The summed E-state index contributed by atoms with van der Waals surface area (Å²) < 4.78 is 10.6. The number of nitrogens with one attached hydrogen (secondary N) is 1. The summed E-state index contributed by atoms with van der Waals surface area (Å²) in [5.74, 6) is -1.93. The summed E-state index contributed by atoms with van der Waals surface area (Å²) in [7, 11) is 1.52. The number of aryl methyl sites for hydroxylation is 1. The standard InChI is InChI=1S/C26H34N2O7/c1-6-18-9-7-8-10-19(18)16-21(23(29)30)27-28(25(33)35-26(2,3)4)22(24(31)32)15-17-11-13-20(34-5)14-12-17/h7-14,21-22,27H,6,15-16H2,1-5H3,(H,29,30)(H,31,32)/t21?,22-/m0/s1. The van der Waals surface area contributed by atoms with E-state index in [2.05, 4.69) is 5.43 Å². The van der Waals surface area contributed by atoms with Crippen LogP contribution in [0.25, 0.3) is 0 Å². The van der Waals surface area contributed by atoms with E-state index in [0.29, 0.717) is 17.7 Å². The van der Waals surface area contributed by atoms with E-state index in [1.807, 2.05) is 31.2 Å². The number of hydrogen-bond acceptors (Lipinski definition) is 6. The maximum atomic E-state index is 13.1. The minimum atomic E-state index is -1.43. The fraction of sp³-hybridized carbons (Fsp3) is 0.423. The summed E-state index contributed by atoms with van der Waals surface area (Å²) in [4.78, 5) is 37.5. The molecule has 0 fully saturated rings. The molecule has 9 heteroatoms. The summed E-state index contributed by atoms with van der Waals surface area (Å²) in [6.07, 6.45) is -0.307. The summed E-state index contributed by atoms with van der Waals surface area (Å²) >= 11 is 0. The van der Waals surface area contributed by atoms with Crippen molar-refractivity contribution in [3.05, 3.63) is 65.2 Å². The lowest BCUT2D eigenvalue weighted by molar-refractivity contribution is -0.148. The molecule has 0 saturated carbocycles. The second-order valence-electron chi connectivity index (χ2n) is 9.10. The third-order valence-electron chi connectivity index (χ3n) is 5.29. The van der Waals surface area contributed by atoms with Crippen LogP contribution in [0.2, 0.25) is 0 Å². The van der Waals surface area contributed by atoms with E-state index in [4.69, 9.17) is 9.47 Å². The van der Waals surface area contributed by atoms with Gasteiger partial charge in [0.15, 0.2) is 6.04 Å². The third-order valence-corrected chi connectivity index (χ3v) is 5.29. The lowest BCUT2D eigenvalue weighted by Crippen LogP contribution is -2.60. The van der Waals surface area contributed by atoms with Gasteiger partial charge >= 0.3 is 18.0 Å². The smallest absolute Gasteiger partial charge is 0.425 e. The molecule has 0 aliphatic carbocycles. The number of hydrazine groups is 1. The van der Waals surface area contributed by atoms with Crippen LogP contribution in [-0.2, 0) is 33.6 Å². The topological polar surface area (TPSA) is 125 Å². The van der Waals surface area contributed by atoms with Crippen molar-refractivity contribution in [1.82, 2.24) is 10.4 Å². The molecule has 0 spiro atoms. The zero-order valence-electron chi connectivity index (χ0n) is 20.8. The number of amides is 1. The molecule has 0 heterocycles. The lowest BCUT2D eigenvalue weighted by atomic mass is 9.99. The molecule has 0 radical (unpaired) electrons. The lowest BCUT2D eigenvalue weighted by Gasteiger charge is -2.33. The van der Waals surface area contributed by atoms with Crippen LogP contribution in [-0.4, -0.2) is 58.0 Å². The van der Waals surface area contributed by atoms with E-state index in [9.17, 15) is 24.6 Å². The van der Waals surface area contributed by atoms with Crippen molar-refractivity contribution in [3.8, 4) is 5.75 Å². The van der Waals surface area contributed by atoms with Gasteiger partial charge in [-0.15, -0.1) is 0 Å². The molecule has 3 N–H and O–H groups in total. The first-order valence-electron chi connectivity index (χ1n) is 11.4. The monoisotopic (exact) mass is 486 g/mol. The van der Waals surface area contributed by atoms with Crippen molar-refractivity contribution in [2.24, 2.45) is 0 Å². The van der Waals surface area contributed by atoms with Crippen LogP contribution in [0, 0.1) is 0 Å². The second-order valence-corrected chi connectivity index (χ2v) is 9.10. The molecule has 0 aliphatic heterocycles. The Balaban J connectivity index is 2.41. The van der Waals surface area contributed by atoms with Gasteiger partial charge in [-0.05, 0) is 56.0 Å². The highest BCUT2D eigenvalue weighted by Crippen LogP contribution is 2.18. The van der Waals surface area contributed by atoms with Crippen molar-refractivity contribution < 1.29 is 34.1 Å². The van der Waals surface area contributed by atoms with Crippen LogP contribution in [0.15, 0.2) is 48.5 Å². The number of ether oxygens (including phenoxy) is 2. The number of carboxylic acids is 2. The number of nitrogens with zero attached hydrogens (tertiary/aromatic N) is 1. The number of carbonyl (C=O) groups excluding carboxylic acids is 1. The Morgan fingerprint density at radius 3 is 2.03 bits per heavy atom. The first-order valence-corrected chi connectivity index (χ1v) is 11.4. The average Bonchev–Trinajstić information content (AvgIpc) is 2.79. The molecule has 2 rings (SSSR count). The van der Waals surface area contributed by atoms with Gasteiger partial charge < -0.3 is 19.7 Å². The second kappa shape index (κ2) is 12.2. The molecule has 1 unspecified atom stereocenters. The van der Waals surface area contributed by atoms with E-state index in [0.717, 1.165) is 16.1 Å². The molecule has 9 nitrogen and oxygen atoms in total. The molecule has 0 bridgehead atoms. The number of hydrogen-bond donors (Lipinski definition) is 3. The zero-order chi connectivity index (χ0) is 26.2. The van der Waals surface area contributed by atoms with Crippen molar-refractivity contribution in [1.29, 1.82) is 0 Å². The predicted molar refractivity (Wildman–Crippen MR) is 130 cm³/mol. The Bertz CT molecular complexity index is 1020. The Kier molecular flexibility index (Phi) is 9.65. The van der Waals surface area contributed by atoms with Crippen LogP contribution in [0.3, 0.4) is 0 Å². The molecule has 190 valence electrons. The summed E-state index contributed by atoms with van der Waals surface area (Å²) in [6.45, 7) is 6.90.